The first-order valence-corrected chi connectivity index (χ1v) is 11.8. The van der Waals surface area contributed by atoms with Crippen LogP contribution in [0.1, 0.15) is 5.56 Å². The Balaban J connectivity index is 0.00000480. The minimum atomic E-state index is -3.72. The molecule has 0 aromatic heterocycles. The van der Waals surface area contributed by atoms with Gasteiger partial charge in [-0.1, -0.05) is 30.3 Å². The highest BCUT2D eigenvalue weighted by Gasteiger charge is 2.08. The van der Waals surface area contributed by atoms with Crippen molar-refractivity contribution in [3.63, 3.8) is 0 Å². The SMILES string of the molecule is CN(C)C(=O)CNC(=NCc1ccc(S(N)(=O)=O)cc1)NCCSc1ccccc1.I. The van der Waals surface area contributed by atoms with Crippen LogP contribution in [0, 0.1) is 0 Å². The van der Waals surface area contributed by atoms with E-state index in [9.17, 15) is 13.2 Å². The van der Waals surface area contributed by atoms with Gasteiger partial charge >= 0.3 is 0 Å². The molecule has 0 radical (unpaired) electrons. The molecule has 8 nitrogen and oxygen atoms in total. The fraction of sp³-hybridized carbons (Fsp3) is 0.300. The van der Waals surface area contributed by atoms with Crippen LogP contribution < -0.4 is 15.8 Å². The van der Waals surface area contributed by atoms with Crippen LogP contribution in [0.3, 0.4) is 0 Å². The third-order valence-corrected chi connectivity index (χ3v) is 5.93. The van der Waals surface area contributed by atoms with Gasteiger partial charge in [0.15, 0.2) is 5.96 Å². The van der Waals surface area contributed by atoms with Crippen LogP contribution in [0.15, 0.2) is 69.4 Å². The Hall–Kier alpha value is -1.83. The molecule has 0 saturated heterocycles. The van der Waals surface area contributed by atoms with E-state index in [0.29, 0.717) is 19.0 Å². The maximum absolute atomic E-state index is 11.9. The second kappa shape index (κ2) is 13.6. The number of primary sulfonamides is 1. The number of rotatable bonds is 9. The third-order valence-electron chi connectivity index (χ3n) is 3.98. The van der Waals surface area contributed by atoms with Gasteiger partial charge in [-0.15, -0.1) is 35.7 Å². The zero-order chi connectivity index (χ0) is 22.0. The summed E-state index contributed by atoms with van der Waals surface area (Å²) in [7, 11) is -0.335. The van der Waals surface area contributed by atoms with Crippen LogP contribution in [-0.4, -0.2) is 58.1 Å². The number of nitrogens with zero attached hydrogens (tertiary/aromatic N) is 2. The summed E-state index contributed by atoms with van der Waals surface area (Å²) in [5.74, 6) is 1.27. The van der Waals surface area contributed by atoms with Gasteiger partial charge in [-0.05, 0) is 29.8 Å². The molecule has 0 atom stereocenters. The van der Waals surface area contributed by atoms with E-state index >= 15 is 0 Å². The lowest BCUT2D eigenvalue weighted by Gasteiger charge is -2.15. The van der Waals surface area contributed by atoms with E-state index in [4.69, 9.17) is 5.14 Å². The van der Waals surface area contributed by atoms with Gasteiger partial charge in [-0.25, -0.2) is 18.5 Å². The van der Waals surface area contributed by atoms with Gasteiger partial charge < -0.3 is 15.5 Å². The number of amides is 1. The monoisotopic (exact) mass is 577 g/mol. The predicted octanol–water partition coefficient (Wildman–Crippen LogP) is 1.87. The molecule has 0 fully saturated rings. The number of sulfonamides is 1. The number of thioether (sulfide) groups is 1. The van der Waals surface area contributed by atoms with Gasteiger partial charge in [0.25, 0.3) is 0 Å². The fourth-order valence-electron chi connectivity index (χ4n) is 2.30. The van der Waals surface area contributed by atoms with E-state index in [1.807, 2.05) is 18.2 Å². The molecular formula is C20H28IN5O3S2. The molecule has 31 heavy (non-hydrogen) atoms. The second-order valence-corrected chi connectivity index (χ2v) is 9.31. The number of halogens is 1. The van der Waals surface area contributed by atoms with Gasteiger partial charge in [0.05, 0.1) is 18.0 Å². The Labute approximate surface area is 205 Å². The molecule has 2 aromatic carbocycles. The van der Waals surface area contributed by atoms with Gasteiger partial charge in [-0.2, -0.15) is 0 Å². The van der Waals surface area contributed by atoms with Crippen molar-refractivity contribution in [2.45, 2.75) is 16.3 Å². The summed E-state index contributed by atoms with van der Waals surface area (Å²) in [6.07, 6.45) is 0. The summed E-state index contributed by atoms with van der Waals surface area (Å²) >= 11 is 1.72. The standard InChI is InChI=1S/C20H27N5O3S2.HI/c1-25(2)19(26)15-24-20(22-12-13-29-17-6-4-3-5-7-17)23-14-16-8-10-18(11-9-16)30(21,27)28;/h3-11H,12-15H2,1-2H3,(H2,21,27,28)(H2,22,23,24);1H. The van der Waals surface area contributed by atoms with Crippen molar-refractivity contribution in [1.29, 1.82) is 0 Å². The lowest BCUT2D eigenvalue weighted by Crippen LogP contribution is -2.43. The van der Waals surface area contributed by atoms with Crippen LogP contribution in [0.5, 0.6) is 0 Å². The molecular weight excluding hydrogens is 549 g/mol. The van der Waals surface area contributed by atoms with E-state index in [0.717, 1.165) is 11.3 Å². The van der Waals surface area contributed by atoms with Crippen LogP contribution in [0.2, 0.25) is 0 Å². The van der Waals surface area contributed by atoms with Crippen LogP contribution in [0.25, 0.3) is 0 Å². The van der Waals surface area contributed by atoms with Gasteiger partial charge in [-0.3, -0.25) is 4.79 Å². The third kappa shape index (κ3) is 10.4. The van der Waals surface area contributed by atoms with Crippen LogP contribution in [-0.2, 0) is 21.4 Å². The first-order valence-electron chi connectivity index (χ1n) is 9.27. The lowest BCUT2D eigenvalue weighted by atomic mass is 10.2. The lowest BCUT2D eigenvalue weighted by molar-refractivity contribution is -0.127. The van der Waals surface area contributed by atoms with Crippen molar-refractivity contribution in [2.75, 3.05) is 32.9 Å². The Bertz CT molecular complexity index is 953. The van der Waals surface area contributed by atoms with Crippen molar-refractivity contribution >= 4 is 57.6 Å². The summed E-state index contributed by atoms with van der Waals surface area (Å²) in [6, 6.07) is 16.3. The van der Waals surface area contributed by atoms with Gasteiger partial charge in [0.2, 0.25) is 15.9 Å². The summed E-state index contributed by atoms with van der Waals surface area (Å²) in [4.78, 5) is 19.1. The Morgan fingerprint density at radius 2 is 1.71 bits per heavy atom. The molecule has 0 bridgehead atoms. The molecule has 0 unspecified atom stereocenters. The predicted molar refractivity (Wildman–Crippen MR) is 136 cm³/mol. The van der Waals surface area contributed by atoms with Crippen molar-refractivity contribution in [1.82, 2.24) is 15.5 Å². The normalized spacial score (nSPS) is 11.4. The Morgan fingerprint density at radius 1 is 1.06 bits per heavy atom. The molecule has 0 saturated carbocycles. The molecule has 0 aliphatic heterocycles. The van der Waals surface area contributed by atoms with Crippen molar-refractivity contribution in [2.24, 2.45) is 10.1 Å². The van der Waals surface area contributed by atoms with Gasteiger partial charge in [0, 0.05) is 31.3 Å². The van der Waals surface area contributed by atoms with E-state index in [-0.39, 0.29) is 41.3 Å². The second-order valence-electron chi connectivity index (χ2n) is 6.58. The first-order chi connectivity index (χ1) is 14.3. The number of carbonyl (C=O) groups excluding carboxylic acids is 1. The van der Waals surface area contributed by atoms with E-state index in [2.05, 4.69) is 27.8 Å². The number of hydrogen-bond acceptors (Lipinski definition) is 5. The summed E-state index contributed by atoms with van der Waals surface area (Å²) in [5, 5.41) is 11.4. The fourth-order valence-corrected chi connectivity index (χ4v) is 3.61. The minimum absolute atomic E-state index is 0. The Kier molecular flexibility index (Phi) is 11.9. The highest BCUT2D eigenvalue weighted by Crippen LogP contribution is 2.15. The summed E-state index contributed by atoms with van der Waals surface area (Å²) in [6.45, 7) is 1.10. The quantitative estimate of drug-likeness (QED) is 0.138. The molecule has 11 heteroatoms. The van der Waals surface area contributed by atoms with Crippen LogP contribution in [0.4, 0.5) is 0 Å². The highest BCUT2D eigenvalue weighted by atomic mass is 127. The molecule has 2 aromatic rings. The largest absolute Gasteiger partial charge is 0.356 e. The molecule has 0 aliphatic carbocycles. The summed E-state index contributed by atoms with van der Waals surface area (Å²) < 4.78 is 22.7. The van der Waals surface area contributed by atoms with E-state index < -0.39 is 10.0 Å². The zero-order valence-electron chi connectivity index (χ0n) is 17.4. The van der Waals surface area contributed by atoms with Crippen LogP contribution >= 0.6 is 35.7 Å². The number of carbonyl (C=O) groups is 1. The molecule has 1 amide bonds. The van der Waals surface area contributed by atoms with E-state index in [1.54, 1.807) is 38.0 Å². The van der Waals surface area contributed by atoms with Crippen molar-refractivity contribution in [3.05, 3.63) is 60.2 Å². The van der Waals surface area contributed by atoms with Gasteiger partial charge in [0.1, 0.15) is 0 Å². The van der Waals surface area contributed by atoms with Crippen molar-refractivity contribution < 1.29 is 13.2 Å². The average molecular weight is 578 g/mol. The number of likely N-dealkylation sites (N-methyl/N-ethyl adjacent to an activating group) is 1. The molecule has 0 heterocycles. The smallest absolute Gasteiger partial charge is 0.241 e. The molecule has 0 aliphatic rings. The maximum Gasteiger partial charge on any atom is 0.241 e. The molecule has 170 valence electrons. The van der Waals surface area contributed by atoms with Crippen molar-refractivity contribution in [3.8, 4) is 0 Å². The average Bonchev–Trinajstić information content (AvgIpc) is 2.72. The molecule has 2 rings (SSSR count). The number of nitrogens with two attached hydrogens (primary N) is 1. The molecule has 0 spiro atoms. The topological polar surface area (TPSA) is 117 Å². The number of benzene rings is 2. The maximum atomic E-state index is 11.9. The van der Waals surface area contributed by atoms with E-state index in [1.165, 1.54) is 21.9 Å². The number of nitrogens with one attached hydrogen (secondary N) is 2. The minimum Gasteiger partial charge on any atom is -0.356 e. The number of aliphatic imine (C=N–C) groups is 1. The summed E-state index contributed by atoms with van der Waals surface area (Å²) in [5.41, 5.74) is 0.820. The zero-order valence-corrected chi connectivity index (χ0v) is 21.4. The number of guanidine groups is 1. The highest BCUT2D eigenvalue weighted by molar-refractivity contribution is 14.0. The molecule has 4 N–H and O–H groups in total. The first kappa shape index (κ1) is 27.2. The Morgan fingerprint density at radius 3 is 2.29 bits per heavy atom. The number of hydrogen-bond donors (Lipinski definition) is 3.